The zero-order valence-electron chi connectivity index (χ0n) is 8.57. The second-order valence-electron chi connectivity index (χ2n) is 3.59. The van der Waals surface area contributed by atoms with Crippen LogP contribution in [0.25, 0.3) is 0 Å². The van der Waals surface area contributed by atoms with Crippen molar-refractivity contribution >= 4 is 11.3 Å². The third kappa shape index (κ3) is 2.99. The number of nitrogens with zero attached hydrogens (tertiary/aromatic N) is 3. The van der Waals surface area contributed by atoms with Crippen molar-refractivity contribution in [3.63, 3.8) is 0 Å². The van der Waals surface area contributed by atoms with Crippen LogP contribution in [0.3, 0.4) is 0 Å². The molecule has 1 aromatic rings. The largest absolute Gasteiger partial charge is 0.314 e. The molecule has 0 bridgehead atoms. The maximum Gasteiger partial charge on any atom is 0.107 e. The first-order valence-electron chi connectivity index (χ1n) is 5.12. The predicted molar refractivity (Wildman–Crippen MR) is 59.6 cm³/mol. The molecule has 0 atom stereocenters. The van der Waals surface area contributed by atoms with Crippen molar-refractivity contribution < 1.29 is 0 Å². The van der Waals surface area contributed by atoms with Gasteiger partial charge in [0.05, 0.1) is 18.2 Å². The fourth-order valence-electron chi connectivity index (χ4n) is 1.67. The van der Waals surface area contributed by atoms with E-state index in [0.29, 0.717) is 6.42 Å². The highest BCUT2D eigenvalue weighted by atomic mass is 32.1. The Balaban J connectivity index is 1.89. The molecule has 0 saturated carbocycles. The predicted octanol–water partition coefficient (Wildman–Crippen LogP) is 0.614. The van der Waals surface area contributed by atoms with Crippen molar-refractivity contribution in [2.45, 2.75) is 13.0 Å². The van der Waals surface area contributed by atoms with Crippen molar-refractivity contribution in [1.29, 1.82) is 5.26 Å². The average molecular weight is 222 g/mol. The van der Waals surface area contributed by atoms with Gasteiger partial charge in [-0.15, -0.1) is 11.3 Å². The van der Waals surface area contributed by atoms with E-state index in [1.165, 1.54) is 0 Å². The number of thiazole rings is 1. The third-order valence-electron chi connectivity index (χ3n) is 2.42. The highest BCUT2D eigenvalue weighted by Gasteiger charge is 2.11. The summed E-state index contributed by atoms with van der Waals surface area (Å²) >= 11 is 1.59. The Bertz CT molecular complexity index is 349. The van der Waals surface area contributed by atoms with E-state index in [9.17, 15) is 0 Å². The van der Waals surface area contributed by atoms with Crippen molar-refractivity contribution in [3.05, 3.63) is 16.1 Å². The summed E-state index contributed by atoms with van der Waals surface area (Å²) in [6, 6.07) is 2.13. The molecule has 80 valence electrons. The second kappa shape index (κ2) is 5.21. The van der Waals surface area contributed by atoms with Gasteiger partial charge in [0.2, 0.25) is 0 Å². The number of nitriles is 1. The summed E-state index contributed by atoms with van der Waals surface area (Å²) in [6.45, 7) is 5.23. The normalized spacial score (nSPS) is 17.5. The van der Waals surface area contributed by atoms with E-state index in [2.05, 4.69) is 26.6 Å². The molecular formula is C10H14N4S. The fourth-order valence-corrected chi connectivity index (χ4v) is 2.39. The lowest BCUT2D eigenvalue weighted by Crippen LogP contribution is -2.42. The number of aromatic nitrogens is 1. The molecule has 1 fully saturated rings. The van der Waals surface area contributed by atoms with Crippen LogP contribution in [0.15, 0.2) is 5.38 Å². The van der Waals surface area contributed by atoms with Crippen LogP contribution < -0.4 is 5.32 Å². The average Bonchev–Trinajstić information content (AvgIpc) is 2.68. The maximum absolute atomic E-state index is 8.55. The molecule has 4 nitrogen and oxygen atoms in total. The Morgan fingerprint density at radius 1 is 1.53 bits per heavy atom. The molecule has 1 saturated heterocycles. The van der Waals surface area contributed by atoms with Gasteiger partial charge in [-0.3, -0.25) is 4.90 Å². The minimum absolute atomic E-state index is 0.437. The lowest BCUT2D eigenvalue weighted by Gasteiger charge is -2.26. The minimum Gasteiger partial charge on any atom is -0.314 e. The van der Waals surface area contributed by atoms with Crippen LogP contribution in [0.5, 0.6) is 0 Å². The van der Waals surface area contributed by atoms with E-state index in [4.69, 9.17) is 5.26 Å². The van der Waals surface area contributed by atoms with E-state index >= 15 is 0 Å². The first-order chi connectivity index (χ1) is 7.38. The topological polar surface area (TPSA) is 52.0 Å². The lowest BCUT2D eigenvalue weighted by molar-refractivity contribution is 0.231. The molecule has 0 spiro atoms. The number of rotatable bonds is 3. The number of hydrogen-bond donors (Lipinski definition) is 1. The Morgan fingerprint density at radius 3 is 3.07 bits per heavy atom. The molecule has 1 aromatic heterocycles. The summed E-state index contributed by atoms with van der Waals surface area (Å²) in [5, 5.41) is 14.9. The van der Waals surface area contributed by atoms with Crippen LogP contribution in [0, 0.1) is 11.3 Å². The first-order valence-corrected chi connectivity index (χ1v) is 6.00. The molecule has 5 heteroatoms. The molecule has 0 aromatic carbocycles. The van der Waals surface area contributed by atoms with Gasteiger partial charge in [0.15, 0.2) is 0 Å². The van der Waals surface area contributed by atoms with Gasteiger partial charge in [-0.05, 0) is 0 Å². The summed E-state index contributed by atoms with van der Waals surface area (Å²) < 4.78 is 0. The maximum atomic E-state index is 8.55. The highest BCUT2D eigenvalue weighted by Crippen LogP contribution is 2.12. The van der Waals surface area contributed by atoms with Crippen LogP contribution in [-0.2, 0) is 13.0 Å². The summed E-state index contributed by atoms with van der Waals surface area (Å²) in [6.07, 6.45) is 0.437. The standard InChI is InChI=1S/C10H14N4S/c11-2-1-10-13-9(8-15-10)7-14-5-3-12-4-6-14/h8,12H,1,3-7H2. The second-order valence-corrected chi connectivity index (χ2v) is 4.54. The van der Waals surface area contributed by atoms with Crippen LogP contribution in [0.2, 0.25) is 0 Å². The van der Waals surface area contributed by atoms with Crippen molar-refractivity contribution in [3.8, 4) is 6.07 Å². The molecule has 1 N–H and O–H groups in total. The van der Waals surface area contributed by atoms with E-state index in [1.54, 1.807) is 11.3 Å². The van der Waals surface area contributed by atoms with Gasteiger partial charge >= 0.3 is 0 Å². The van der Waals surface area contributed by atoms with E-state index in [0.717, 1.165) is 43.4 Å². The Morgan fingerprint density at radius 2 is 2.33 bits per heavy atom. The molecule has 0 unspecified atom stereocenters. The minimum atomic E-state index is 0.437. The summed E-state index contributed by atoms with van der Waals surface area (Å²) in [4.78, 5) is 6.82. The van der Waals surface area contributed by atoms with Gasteiger partial charge in [0.25, 0.3) is 0 Å². The molecule has 2 rings (SSSR count). The van der Waals surface area contributed by atoms with Crippen LogP contribution in [-0.4, -0.2) is 36.1 Å². The van der Waals surface area contributed by atoms with Gasteiger partial charge in [0, 0.05) is 38.1 Å². The monoisotopic (exact) mass is 222 g/mol. The molecule has 1 aliphatic heterocycles. The smallest absolute Gasteiger partial charge is 0.107 e. The molecule has 0 aliphatic carbocycles. The van der Waals surface area contributed by atoms with Gasteiger partial charge in [-0.25, -0.2) is 4.98 Å². The van der Waals surface area contributed by atoms with Crippen LogP contribution in [0.4, 0.5) is 0 Å². The third-order valence-corrected chi connectivity index (χ3v) is 3.32. The van der Waals surface area contributed by atoms with Gasteiger partial charge in [0.1, 0.15) is 5.01 Å². The van der Waals surface area contributed by atoms with Gasteiger partial charge in [-0.1, -0.05) is 0 Å². The Kier molecular flexibility index (Phi) is 3.67. The quantitative estimate of drug-likeness (QED) is 0.814. The summed E-state index contributed by atoms with van der Waals surface area (Å²) in [5.74, 6) is 0. The molecule has 0 radical (unpaired) electrons. The zero-order valence-corrected chi connectivity index (χ0v) is 9.39. The van der Waals surface area contributed by atoms with E-state index in [1.807, 2.05) is 0 Å². The molecule has 1 aliphatic rings. The highest BCUT2D eigenvalue weighted by molar-refractivity contribution is 7.09. The number of hydrogen-bond acceptors (Lipinski definition) is 5. The number of piperazine rings is 1. The molecule has 2 heterocycles. The summed E-state index contributed by atoms with van der Waals surface area (Å²) in [7, 11) is 0. The molecule has 0 amide bonds. The van der Waals surface area contributed by atoms with E-state index < -0.39 is 0 Å². The van der Waals surface area contributed by atoms with Crippen molar-refractivity contribution in [2.24, 2.45) is 0 Å². The van der Waals surface area contributed by atoms with Gasteiger partial charge in [-0.2, -0.15) is 5.26 Å². The van der Waals surface area contributed by atoms with Crippen LogP contribution >= 0.6 is 11.3 Å². The SMILES string of the molecule is N#CCc1nc(CN2CCNCC2)cs1. The Labute approximate surface area is 93.5 Å². The zero-order chi connectivity index (χ0) is 10.5. The first kappa shape index (κ1) is 10.6. The number of nitrogens with one attached hydrogen (secondary N) is 1. The van der Waals surface area contributed by atoms with Crippen molar-refractivity contribution in [1.82, 2.24) is 15.2 Å². The molecular weight excluding hydrogens is 208 g/mol. The summed E-state index contributed by atoms with van der Waals surface area (Å²) in [5.41, 5.74) is 1.10. The van der Waals surface area contributed by atoms with Crippen molar-refractivity contribution in [2.75, 3.05) is 26.2 Å². The lowest BCUT2D eigenvalue weighted by atomic mass is 10.3. The van der Waals surface area contributed by atoms with Gasteiger partial charge < -0.3 is 5.32 Å². The van der Waals surface area contributed by atoms with Crippen LogP contribution in [0.1, 0.15) is 10.7 Å². The fraction of sp³-hybridized carbons (Fsp3) is 0.600. The Hall–Kier alpha value is -0.960. The molecule has 15 heavy (non-hydrogen) atoms. The van der Waals surface area contributed by atoms with E-state index in [-0.39, 0.29) is 0 Å².